The highest BCUT2D eigenvalue weighted by Crippen LogP contribution is 2.45. The van der Waals surface area contributed by atoms with Gasteiger partial charge in [0, 0.05) is 48.6 Å². The number of carbonyl (C=O) groups excluding carboxylic acids is 1. The predicted octanol–water partition coefficient (Wildman–Crippen LogP) is 6.07. The normalized spacial score (nSPS) is 24.1. The topological polar surface area (TPSA) is 136 Å². The zero-order valence-electron chi connectivity index (χ0n) is 22.1. The van der Waals surface area contributed by atoms with E-state index < -0.39 is 16.1 Å². The minimum Gasteiger partial charge on any atom is -0.440 e. The van der Waals surface area contributed by atoms with E-state index in [0.29, 0.717) is 65.4 Å². The smallest absolute Gasteiger partial charge is 0.228 e. The van der Waals surface area contributed by atoms with Crippen molar-refractivity contribution in [2.45, 2.75) is 50.0 Å². The number of benzene rings is 1. The van der Waals surface area contributed by atoms with Crippen molar-refractivity contribution in [1.82, 2.24) is 15.3 Å². The Balaban J connectivity index is 1.34. The fourth-order valence-corrected chi connectivity index (χ4v) is 7.14. The summed E-state index contributed by atoms with van der Waals surface area (Å²) in [7, 11) is -2.47. The summed E-state index contributed by atoms with van der Waals surface area (Å²) in [6.07, 6.45) is 8.01. The van der Waals surface area contributed by atoms with Crippen molar-refractivity contribution in [2.75, 3.05) is 29.5 Å². The summed E-state index contributed by atoms with van der Waals surface area (Å²) in [5.41, 5.74) is 2.48. The van der Waals surface area contributed by atoms with Crippen LogP contribution in [0.25, 0.3) is 22.7 Å². The molecular formula is C29H32ClN5O4S. The Bertz CT molecular complexity index is 1440. The average Bonchev–Trinajstić information content (AvgIpc) is 3.59. The molecule has 2 atom stereocenters. The predicted molar refractivity (Wildman–Crippen MR) is 155 cm³/mol. The standard InChI is InChI=1S/C29H32ClN5O4S/c30-21-15-20(16-32-17-21)28-33-25(19-5-7-22(8-6-19)35-11-13-40(37,38)14-12-35)26(39-28)23-3-1-2-4-24(23)27(36)34-29(18-31)9-10-29/h5-8,15-17,23-24,37-38H,1-4,9-14H2,(H,34,36)/t23-,24-/m1/s1. The molecule has 3 heterocycles. The zero-order chi connectivity index (χ0) is 27.9. The van der Waals surface area contributed by atoms with Crippen LogP contribution in [0.2, 0.25) is 5.02 Å². The third-order valence-electron chi connectivity index (χ3n) is 8.25. The summed E-state index contributed by atoms with van der Waals surface area (Å²) in [5.74, 6) is 1.21. The van der Waals surface area contributed by atoms with Gasteiger partial charge in [-0.3, -0.25) is 18.9 Å². The van der Waals surface area contributed by atoms with Crippen molar-refractivity contribution in [3.05, 3.63) is 53.5 Å². The van der Waals surface area contributed by atoms with E-state index in [2.05, 4.69) is 21.3 Å². The molecule has 3 aliphatic rings. The fourth-order valence-electron chi connectivity index (χ4n) is 5.73. The van der Waals surface area contributed by atoms with Gasteiger partial charge in [0.05, 0.1) is 28.2 Å². The molecule has 0 unspecified atom stereocenters. The Kier molecular flexibility index (Phi) is 7.25. The van der Waals surface area contributed by atoms with E-state index in [9.17, 15) is 19.2 Å². The van der Waals surface area contributed by atoms with Gasteiger partial charge in [0.25, 0.3) is 0 Å². The van der Waals surface area contributed by atoms with Gasteiger partial charge in [0.1, 0.15) is 17.0 Å². The lowest BCUT2D eigenvalue weighted by atomic mass is 9.76. The Morgan fingerprint density at radius 2 is 1.85 bits per heavy atom. The van der Waals surface area contributed by atoms with Crippen molar-refractivity contribution in [3.8, 4) is 28.8 Å². The van der Waals surface area contributed by atoms with Gasteiger partial charge in [-0.15, -0.1) is 0 Å². The molecule has 1 saturated heterocycles. The largest absolute Gasteiger partial charge is 0.440 e. The number of anilines is 1. The third-order valence-corrected chi connectivity index (χ3v) is 10.1. The Morgan fingerprint density at radius 3 is 2.52 bits per heavy atom. The molecule has 9 nitrogen and oxygen atoms in total. The van der Waals surface area contributed by atoms with Crippen LogP contribution >= 0.6 is 22.2 Å². The maximum atomic E-state index is 13.4. The van der Waals surface area contributed by atoms with Crippen LogP contribution in [0, 0.1) is 17.2 Å². The van der Waals surface area contributed by atoms with Gasteiger partial charge in [-0.1, -0.05) is 36.6 Å². The number of pyridine rings is 1. The number of hydrogen-bond acceptors (Lipinski definition) is 8. The number of nitriles is 1. The second kappa shape index (κ2) is 10.7. The summed E-state index contributed by atoms with van der Waals surface area (Å²) in [4.78, 5) is 24.7. The molecule has 40 heavy (non-hydrogen) atoms. The van der Waals surface area contributed by atoms with Gasteiger partial charge in [-0.25, -0.2) is 4.98 Å². The summed E-state index contributed by atoms with van der Waals surface area (Å²) >= 11 is 6.22. The molecule has 1 aliphatic heterocycles. The highest BCUT2D eigenvalue weighted by Gasteiger charge is 2.47. The van der Waals surface area contributed by atoms with Crippen molar-refractivity contribution in [2.24, 2.45) is 5.92 Å². The molecule has 6 rings (SSSR count). The highest BCUT2D eigenvalue weighted by atomic mass is 35.5. The van der Waals surface area contributed by atoms with E-state index in [1.165, 1.54) is 0 Å². The molecule has 11 heteroatoms. The number of nitrogens with one attached hydrogen (secondary N) is 1. The molecule has 210 valence electrons. The van der Waals surface area contributed by atoms with Crippen LogP contribution in [-0.2, 0) is 4.79 Å². The van der Waals surface area contributed by atoms with E-state index in [0.717, 1.165) is 36.9 Å². The van der Waals surface area contributed by atoms with E-state index in [1.54, 1.807) is 18.5 Å². The molecule has 1 amide bonds. The number of halogens is 1. The number of amides is 1. The first-order chi connectivity index (χ1) is 19.3. The minimum absolute atomic E-state index is 0.0940. The summed E-state index contributed by atoms with van der Waals surface area (Å²) < 4.78 is 26.4. The quantitative estimate of drug-likeness (QED) is 0.319. The van der Waals surface area contributed by atoms with E-state index in [1.807, 2.05) is 24.3 Å². The summed E-state index contributed by atoms with van der Waals surface area (Å²) in [6.45, 7) is 1.18. The minimum atomic E-state index is -2.47. The van der Waals surface area contributed by atoms with Crippen LogP contribution in [0.1, 0.15) is 50.2 Å². The Hall–Kier alpha value is -3.10. The van der Waals surface area contributed by atoms with Gasteiger partial charge >= 0.3 is 0 Å². The summed E-state index contributed by atoms with van der Waals surface area (Å²) in [6, 6.07) is 12.0. The van der Waals surface area contributed by atoms with E-state index >= 15 is 0 Å². The molecule has 1 aromatic carbocycles. The molecule has 2 aromatic heterocycles. The van der Waals surface area contributed by atoms with Crippen molar-refractivity contribution in [1.29, 1.82) is 5.26 Å². The van der Waals surface area contributed by atoms with Crippen molar-refractivity contribution >= 4 is 33.8 Å². The molecule has 0 bridgehead atoms. The molecule has 0 spiro atoms. The molecule has 3 aromatic rings. The monoisotopic (exact) mass is 581 g/mol. The maximum Gasteiger partial charge on any atom is 0.228 e. The number of carbonyl (C=O) groups is 1. The lowest BCUT2D eigenvalue weighted by Gasteiger charge is -2.41. The second-order valence-corrected chi connectivity index (χ2v) is 13.9. The fraction of sp³-hybridized carbons (Fsp3) is 0.448. The van der Waals surface area contributed by atoms with Crippen LogP contribution in [0.5, 0.6) is 0 Å². The molecule has 3 fully saturated rings. The average molecular weight is 582 g/mol. The van der Waals surface area contributed by atoms with Crippen LogP contribution in [0.4, 0.5) is 5.69 Å². The first-order valence-corrected chi connectivity index (χ1v) is 16.0. The number of nitrogens with zero attached hydrogens (tertiary/aromatic N) is 4. The highest BCUT2D eigenvalue weighted by molar-refractivity contribution is 8.24. The molecule has 2 saturated carbocycles. The molecule has 0 radical (unpaired) electrons. The summed E-state index contributed by atoms with van der Waals surface area (Å²) in [5, 5.41) is 13.0. The van der Waals surface area contributed by atoms with Crippen molar-refractivity contribution in [3.63, 3.8) is 0 Å². The second-order valence-electron chi connectivity index (χ2n) is 11.0. The van der Waals surface area contributed by atoms with Gasteiger partial charge < -0.3 is 14.6 Å². The van der Waals surface area contributed by atoms with Crippen LogP contribution in [0.3, 0.4) is 0 Å². The van der Waals surface area contributed by atoms with Gasteiger partial charge in [-0.05, 0) is 43.9 Å². The van der Waals surface area contributed by atoms with E-state index in [4.69, 9.17) is 21.0 Å². The number of rotatable bonds is 6. The SMILES string of the molecule is N#CC1(NC(=O)[C@@H]2CCCC[C@H]2c2oc(-c3cncc(Cl)c3)nc2-c2ccc(N3CCS(O)(O)CC3)cc2)CC1. The van der Waals surface area contributed by atoms with Crippen molar-refractivity contribution < 1.29 is 18.3 Å². The number of aromatic nitrogens is 2. The van der Waals surface area contributed by atoms with Crippen LogP contribution in [0.15, 0.2) is 47.1 Å². The van der Waals surface area contributed by atoms with Crippen LogP contribution in [-0.4, -0.2) is 55.1 Å². The lowest BCUT2D eigenvalue weighted by molar-refractivity contribution is -0.127. The molecule has 2 aliphatic carbocycles. The molecular weight excluding hydrogens is 550 g/mol. The van der Waals surface area contributed by atoms with Gasteiger partial charge in [0.2, 0.25) is 11.8 Å². The van der Waals surface area contributed by atoms with Gasteiger partial charge in [-0.2, -0.15) is 15.9 Å². The first kappa shape index (κ1) is 27.1. The maximum absolute atomic E-state index is 13.4. The molecule has 3 N–H and O–H groups in total. The number of oxazole rings is 1. The Labute approximate surface area is 239 Å². The van der Waals surface area contributed by atoms with Gasteiger partial charge in [0.15, 0.2) is 0 Å². The zero-order valence-corrected chi connectivity index (χ0v) is 23.6. The van der Waals surface area contributed by atoms with Crippen LogP contribution < -0.4 is 10.2 Å². The third kappa shape index (κ3) is 5.56. The lowest BCUT2D eigenvalue weighted by Crippen LogP contribution is -2.42. The van der Waals surface area contributed by atoms with E-state index in [-0.39, 0.29) is 17.7 Å². The first-order valence-electron chi connectivity index (χ1n) is 13.7. The number of hydrogen-bond donors (Lipinski definition) is 3. The Morgan fingerprint density at radius 1 is 1.12 bits per heavy atom.